The summed E-state index contributed by atoms with van der Waals surface area (Å²) >= 11 is 0. The Kier molecular flexibility index (Phi) is 2.84. The lowest BCUT2D eigenvalue weighted by Gasteiger charge is -2.25. The molecule has 1 atom stereocenters. The van der Waals surface area contributed by atoms with Gasteiger partial charge < -0.3 is 10.5 Å². The third-order valence-electron chi connectivity index (χ3n) is 1.61. The van der Waals surface area contributed by atoms with E-state index in [-0.39, 0.29) is 0 Å². The zero-order valence-corrected chi connectivity index (χ0v) is 6.27. The molecule has 0 aromatic carbocycles. The van der Waals surface area contributed by atoms with E-state index in [1.807, 2.05) is 0 Å². The van der Waals surface area contributed by atoms with Gasteiger partial charge in [-0.2, -0.15) is 13.2 Å². The Bertz CT molecular complexity index is 201. The third-order valence-corrected chi connectivity index (χ3v) is 1.61. The fourth-order valence-corrected chi connectivity index (χ4v) is 0.528. The smallest absolute Gasteiger partial charge is 0.404 e. The third kappa shape index (κ3) is 1.75. The lowest BCUT2D eigenvalue weighted by molar-refractivity contribution is -0.224. The van der Waals surface area contributed by atoms with E-state index in [0.29, 0.717) is 13.1 Å². The molecule has 70 valence electrons. The molecular formula is C6H8F3NO2. The zero-order valence-electron chi connectivity index (χ0n) is 6.27. The van der Waals surface area contributed by atoms with Crippen molar-refractivity contribution in [2.45, 2.75) is 19.5 Å². The lowest BCUT2D eigenvalue weighted by Crippen LogP contribution is -2.42. The SMILES string of the molecule is CC(CC=N)(C(=O)O)C(F)(F)F. The van der Waals surface area contributed by atoms with Crippen molar-refractivity contribution in [3.05, 3.63) is 0 Å². The summed E-state index contributed by atoms with van der Waals surface area (Å²) in [5.41, 5.74) is -2.84. The Labute approximate surface area is 66.7 Å². The van der Waals surface area contributed by atoms with Crippen molar-refractivity contribution in [2.24, 2.45) is 5.41 Å². The highest BCUT2D eigenvalue weighted by Gasteiger charge is 2.56. The Morgan fingerprint density at radius 2 is 2.00 bits per heavy atom. The van der Waals surface area contributed by atoms with E-state index in [2.05, 4.69) is 0 Å². The van der Waals surface area contributed by atoms with Gasteiger partial charge in [0.15, 0.2) is 5.41 Å². The van der Waals surface area contributed by atoms with Crippen LogP contribution in [0.5, 0.6) is 0 Å². The summed E-state index contributed by atoms with van der Waals surface area (Å²) in [5.74, 6) is -1.96. The summed E-state index contributed by atoms with van der Waals surface area (Å²) in [5, 5.41) is 14.7. The second kappa shape index (κ2) is 3.12. The quantitative estimate of drug-likeness (QED) is 0.654. The van der Waals surface area contributed by atoms with Crippen molar-refractivity contribution in [1.29, 1.82) is 5.41 Å². The first-order valence-electron chi connectivity index (χ1n) is 3.05. The first-order chi connectivity index (χ1) is 5.25. The summed E-state index contributed by atoms with van der Waals surface area (Å²) in [7, 11) is 0. The minimum atomic E-state index is -4.82. The van der Waals surface area contributed by atoms with Gasteiger partial charge in [0.2, 0.25) is 0 Å². The number of halogens is 3. The summed E-state index contributed by atoms with van der Waals surface area (Å²) in [6.07, 6.45) is -5.22. The number of carboxylic acids is 1. The molecule has 0 fully saturated rings. The van der Waals surface area contributed by atoms with E-state index < -0.39 is 24.0 Å². The molecule has 0 heterocycles. The highest BCUT2D eigenvalue weighted by atomic mass is 19.4. The highest BCUT2D eigenvalue weighted by molar-refractivity contribution is 5.79. The average Bonchev–Trinajstić information content (AvgIpc) is 1.85. The minimum Gasteiger partial charge on any atom is -0.481 e. The van der Waals surface area contributed by atoms with Crippen LogP contribution in [-0.4, -0.2) is 23.5 Å². The van der Waals surface area contributed by atoms with Gasteiger partial charge in [-0.1, -0.05) is 0 Å². The van der Waals surface area contributed by atoms with Crippen LogP contribution in [0, 0.1) is 10.8 Å². The average molecular weight is 183 g/mol. The molecule has 3 nitrogen and oxygen atoms in total. The van der Waals surface area contributed by atoms with Crippen LogP contribution in [-0.2, 0) is 4.79 Å². The summed E-state index contributed by atoms with van der Waals surface area (Å²) in [4.78, 5) is 10.2. The molecule has 0 rings (SSSR count). The molecule has 1 unspecified atom stereocenters. The van der Waals surface area contributed by atoms with E-state index in [9.17, 15) is 18.0 Å². The molecule has 0 aromatic heterocycles. The molecule has 2 N–H and O–H groups in total. The van der Waals surface area contributed by atoms with E-state index in [4.69, 9.17) is 10.5 Å². The first kappa shape index (κ1) is 10.9. The Morgan fingerprint density at radius 3 is 2.08 bits per heavy atom. The second-order valence-electron chi connectivity index (χ2n) is 2.54. The maximum atomic E-state index is 12.1. The predicted octanol–water partition coefficient (Wildman–Crippen LogP) is 1.68. The second-order valence-corrected chi connectivity index (χ2v) is 2.54. The van der Waals surface area contributed by atoms with Crippen LogP contribution in [0.25, 0.3) is 0 Å². The van der Waals surface area contributed by atoms with Crippen molar-refractivity contribution < 1.29 is 23.1 Å². The number of alkyl halides is 3. The summed E-state index contributed by atoms with van der Waals surface area (Å²) in [6, 6.07) is 0. The van der Waals surface area contributed by atoms with Gasteiger partial charge in [-0.05, 0) is 13.1 Å². The number of carbonyl (C=O) groups is 1. The van der Waals surface area contributed by atoms with Crippen molar-refractivity contribution in [3.63, 3.8) is 0 Å². The van der Waals surface area contributed by atoms with Crippen LogP contribution in [0.2, 0.25) is 0 Å². The molecule has 0 spiro atoms. The largest absolute Gasteiger partial charge is 0.481 e. The molecule has 0 saturated heterocycles. The van der Waals surface area contributed by atoms with Gasteiger partial charge in [0, 0.05) is 6.42 Å². The molecule has 0 radical (unpaired) electrons. The standard InChI is InChI=1S/C6H8F3NO2/c1-5(2-3-10,4(11)12)6(7,8)9/h3,10H,2H2,1H3,(H,11,12). The Balaban J connectivity index is 4.86. The zero-order chi connectivity index (χ0) is 9.99. The van der Waals surface area contributed by atoms with Crippen molar-refractivity contribution in [2.75, 3.05) is 0 Å². The monoisotopic (exact) mass is 183 g/mol. The number of rotatable bonds is 3. The maximum Gasteiger partial charge on any atom is 0.404 e. The first-order valence-corrected chi connectivity index (χ1v) is 3.05. The van der Waals surface area contributed by atoms with Gasteiger partial charge in [-0.25, -0.2) is 0 Å². The molecular weight excluding hydrogens is 175 g/mol. The minimum absolute atomic E-state index is 0.446. The number of carboxylic acid groups (broad SMARTS) is 1. The van der Waals surface area contributed by atoms with Crippen molar-refractivity contribution >= 4 is 12.2 Å². The van der Waals surface area contributed by atoms with E-state index in [1.54, 1.807) is 0 Å². The number of nitrogens with one attached hydrogen (secondary N) is 1. The fraction of sp³-hybridized carbons (Fsp3) is 0.667. The van der Waals surface area contributed by atoms with Crippen LogP contribution < -0.4 is 0 Å². The normalized spacial score (nSPS) is 16.7. The molecule has 0 aliphatic carbocycles. The van der Waals surface area contributed by atoms with Gasteiger partial charge in [-0.3, -0.25) is 4.79 Å². The Morgan fingerprint density at radius 1 is 1.58 bits per heavy atom. The topological polar surface area (TPSA) is 61.2 Å². The maximum absolute atomic E-state index is 12.1. The number of hydrogen-bond acceptors (Lipinski definition) is 2. The van der Waals surface area contributed by atoms with Crippen LogP contribution >= 0.6 is 0 Å². The van der Waals surface area contributed by atoms with Crippen LogP contribution in [0.3, 0.4) is 0 Å². The predicted molar refractivity (Wildman–Crippen MR) is 35.2 cm³/mol. The molecule has 12 heavy (non-hydrogen) atoms. The molecule has 0 aliphatic rings. The van der Waals surface area contributed by atoms with Gasteiger partial charge in [0.25, 0.3) is 0 Å². The molecule has 0 aliphatic heterocycles. The van der Waals surface area contributed by atoms with E-state index >= 15 is 0 Å². The number of aliphatic carboxylic acids is 1. The van der Waals surface area contributed by atoms with Crippen LogP contribution in [0.15, 0.2) is 0 Å². The fourth-order valence-electron chi connectivity index (χ4n) is 0.528. The van der Waals surface area contributed by atoms with Gasteiger partial charge in [-0.15, -0.1) is 0 Å². The van der Waals surface area contributed by atoms with Crippen molar-refractivity contribution in [1.82, 2.24) is 0 Å². The van der Waals surface area contributed by atoms with Gasteiger partial charge >= 0.3 is 12.1 Å². The van der Waals surface area contributed by atoms with Crippen LogP contribution in [0.1, 0.15) is 13.3 Å². The van der Waals surface area contributed by atoms with Crippen molar-refractivity contribution in [3.8, 4) is 0 Å². The summed E-state index contributed by atoms with van der Waals surface area (Å²) < 4.78 is 36.2. The molecule has 0 saturated carbocycles. The van der Waals surface area contributed by atoms with E-state index in [1.165, 1.54) is 0 Å². The Hall–Kier alpha value is -1.07. The highest BCUT2D eigenvalue weighted by Crippen LogP contribution is 2.40. The van der Waals surface area contributed by atoms with Gasteiger partial charge in [0.1, 0.15) is 0 Å². The molecule has 0 aromatic rings. The van der Waals surface area contributed by atoms with Crippen LogP contribution in [0.4, 0.5) is 13.2 Å². The van der Waals surface area contributed by atoms with Gasteiger partial charge in [0.05, 0.1) is 0 Å². The molecule has 0 amide bonds. The molecule has 6 heteroatoms. The summed E-state index contributed by atoms with van der Waals surface area (Å²) in [6.45, 7) is 0.556. The number of hydrogen-bond donors (Lipinski definition) is 2. The lowest BCUT2D eigenvalue weighted by atomic mass is 9.87. The molecule has 0 bridgehead atoms. The van der Waals surface area contributed by atoms with E-state index in [0.717, 1.165) is 0 Å².